The Morgan fingerprint density at radius 1 is 1.00 bits per heavy atom. The molecule has 0 spiro atoms. The topological polar surface area (TPSA) is 62.0 Å². The summed E-state index contributed by atoms with van der Waals surface area (Å²) in [6.45, 7) is 2.21. The number of H-pyrrole nitrogens is 1. The molecule has 0 aliphatic carbocycles. The predicted molar refractivity (Wildman–Crippen MR) is 105 cm³/mol. The number of aromatic nitrogens is 1. The molecule has 1 aromatic heterocycles. The van der Waals surface area contributed by atoms with Gasteiger partial charge < -0.3 is 15.8 Å². The zero-order valence-corrected chi connectivity index (χ0v) is 14.9. The van der Waals surface area contributed by atoms with E-state index in [9.17, 15) is 5.11 Å². The quantitative estimate of drug-likeness (QED) is 0.513. The van der Waals surface area contributed by atoms with E-state index >= 15 is 0 Å². The van der Waals surface area contributed by atoms with Crippen LogP contribution in [0.5, 0.6) is 0 Å². The summed E-state index contributed by atoms with van der Waals surface area (Å²) in [5, 5.41) is 12.1. The highest BCUT2D eigenvalue weighted by atomic mass is 16.3. The fraction of sp³-hybridized carbons (Fsp3) is 0.364. The lowest BCUT2D eigenvalue weighted by Gasteiger charge is -2.28. The lowest BCUT2D eigenvalue weighted by Crippen LogP contribution is -2.35. The number of para-hydroxylation sites is 1. The summed E-state index contributed by atoms with van der Waals surface area (Å²) in [6.07, 6.45) is 5.88. The Hall–Kier alpha value is -2.10. The maximum absolute atomic E-state index is 10.9. The number of aliphatic hydroxyl groups excluding tert-OH is 1. The third-order valence-electron chi connectivity index (χ3n) is 5.11. The smallest absolute Gasteiger partial charge is 0.0946 e. The monoisotopic (exact) mass is 336 g/mol. The summed E-state index contributed by atoms with van der Waals surface area (Å²) < 4.78 is 0. The minimum absolute atomic E-state index is 0.123. The van der Waals surface area contributed by atoms with Crippen LogP contribution in [-0.4, -0.2) is 16.1 Å². The highest BCUT2D eigenvalue weighted by Crippen LogP contribution is 2.35. The number of aromatic amines is 1. The van der Waals surface area contributed by atoms with Gasteiger partial charge in [-0.3, -0.25) is 0 Å². The first-order valence-electron chi connectivity index (χ1n) is 9.27. The van der Waals surface area contributed by atoms with Crippen molar-refractivity contribution in [2.75, 3.05) is 0 Å². The van der Waals surface area contributed by atoms with Crippen LogP contribution in [0, 0.1) is 0 Å². The number of benzene rings is 2. The molecule has 2 aromatic carbocycles. The van der Waals surface area contributed by atoms with Crippen LogP contribution in [0.1, 0.15) is 55.8 Å². The van der Waals surface area contributed by atoms with E-state index in [1.165, 1.54) is 23.8 Å². The van der Waals surface area contributed by atoms with Gasteiger partial charge in [0.1, 0.15) is 0 Å². The average molecular weight is 336 g/mol. The Labute approximate surface area is 149 Å². The summed E-state index contributed by atoms with van der Waals surface area (Å²) in [4.78, 5) is 3.36. The number of aliphatic hydroxyl groups is 1. The molecule has 0 amide bonds. The fourth-order valence-corrected chi connectivity index (χ4v) is 3.66. The highest BCUT2D eigenvalue weighted by molar-refractivity contribution is 5.83. The predicted octanol–water partition coefficient (Wildman–Crippen LogP) is 4.89. The van der Waals surface area contributed by atoms with Crippen LogP contribution in [0.25, 0.3) is 10.9 Å². The van der Waals surface area contributed by atoms with Crippen molar-refractivity contribution in [3.63, 3.8) is 0 Å². The first-order chi connectivity index (χ1) is 12.2. The summed E-state index contributed by atoms with van der Waals surface area (Å²) in [6, 6.07) is 17.7. The van der Waals surface area contributed by atoms with Crippen molar-refractivity contribution in [3.05, 3.63) is 71.9 Å². The molecule has 0 bridgehead atoms. The highest BCUT2D eigenvalue weighted by Gasteiger charge is 2.28. The van der Waals surface area contributed by atoms with Gasteiger partial charge in [-0.05, 0) is 23.6 Å². The van der Waals surface area contributed by atoms with Gasteiger partial charge in [-0.25, -0.2) is 0 Å². The number of nitrogens with one attached hydrogen (secondary N) is 1. The first-order valence-corrected chi connectivity index (χ1v) is 9.27. The van der Waals surface area contributed by atoms with Crippen molar-refractivity contribution < 1.29 is 5.11 Å². The first kappa shape index (κ1) is 17.7. The van der Waals surface area contributed by atoms with Gasteiger partial charge in [0.15, 0.2) is 0 Å². The van der Waals surface area contributed by atoms with Gasteiger partial charge in [0.05, 0.1) is 6.10 Å². The van der Waals surface area contributed by atoms with E-state index < -0.39 is 6.10 Å². The van der Waals surface area contributed by atoms with Gasteiger partial charge in [0.25, 0.3) is 0 Å². The Morgan fingerprint density at radius 2 is 1.72 bits per heavy atom. The second kappa shape index (κ2) is 8.32. The molecule has 0 saturated carbocycles. The molecule has 3 aromatic rings. The summed E-state index contributed by atoms with van der Waals surface area (Å²) in [5.41, 5.74) is 9.82. The number of unbranched alkanes of at least 4 members (excludes halogenated alkanes) is 2. The molecule has 0 radical (unpaired) electrons. The standard InChI is InChI=1S/C22H28N2O/c1-2-3-5-13-18(19-15-24-20-14-9-8-12-17(19)20)21(23)22(25)16-10-6-4-7-11-16/h4,6-12,14-15,18,21-22,24-25H,2-3,5,13,23H2,1H3/t18-,21+,22+/m1/s1. The number of fused-ring (bicyclic) bond motifs is 1. The molecule has 3 rings (SSSR count). The molecule has 4 N–H and O–H groups in total. The van der Waals surface area contributed by atoms with Gasteiger partial charge >= 0.3 is 0 Å². The second-order valence-electron chi connectivity index (χ2n) is 6.82. The Morgan fingerprint density at radius 3 is 2.48 bits per heavy atom. The van der Waals surface area contributed by atoms with Crippen molar-refractivity contribution in [1.29, 1.82) is 0 Å². The zero-order valence-electron chi connectivity index (χ0n) is 14.9. The summed E-state index contributed by atoms with van der Waals surface area (Å²) in [5.74, 6) is 0.123. The van der Waals surface area contributed by atoms with E-state index in [1.54, 1.807) is 0 Å². The van der Waals surface area contributed by atoms with Crippen molar-refractivity contribution >= 4 is 10.9 Å². The van der Waals surface area contributed by atoms with Crippen molar-refractivity contribution in [2.24, 2.45) is 5.73 Å². The number of nitrogens with two attached hydrogens (primary N) is 1. The SMILES string of the molecule is CCCCC[C@H](c1c[nH]c2ccccc12)[C@H](N)[C@@H](O)c1ccccc1. The molecular weight excluding hydrogens is 308 g/mol. The van der Waals surface area contributed by atoms with Crippen LogP contribution in [0.2, 0.25) is 0 Å². The average Bonchev–Trinajstić information content (AvgIpc) is 3.09. The largest absolute Gasteiger partial charge is 0.387 e. The van der Waals surface area contributed by atoms with Crippen LogP contribution in [0.15, 0.2) is 60.8 Å². The number of rotatable bonds is 8. The third-order valence-corrected chi connectivity index (χ3v) is 5.11. The molecule has 0 unspecified atom stereocenters. The third kappa shape index (κ3) is 3.94. The maximum Gasteiger partial charge on any atom is 0.0946 e. The molecule has 25 heavy (non-hydrogen) atoms. The van der Waals surface area contributed by atoms with Crippen LogP contribution in [-0.2, 0) is 0 Å². The zero-order chi connectivity index (χ0) is 17.6. The van der Waals surface area contributed by atoms with Crippen molar-refractivity contribution in [2.45, 2.75) is 50.7 Å². The molecule has 3 atom stereocenters. The van der Waals surface area contributed by atoms with E-state index in [0.29, 0.717) is 0 Å². The molecule has 3 nitrogen and oxygen atoms in total. The van der Waals surface area contributed by atoms with Crippen LogP contribution < -0.4 is 5.73 Å². The Kier molecular flexibility index (Phi) is 5.90. The summed E-state index contributed by atoms with van der Waals surface area (Å²) >= 11 is 0. The van der Waals surface area contributed by atoms with E-state index in [2.05, 4.69) is 36.3 Å². The van der Waals surface area contributed by atoms with Crippen LogP contribution in [0.4, 0.5) is 0 Å². The number of hydrogen-bond acceptors (Lipinski definition) is 2. The Bertz CT molecular complexity index is 781. The van der Waals surface area contributed by atoms with Gasteiger partial charge in [0.2, 0.25) is 0 Å². The molecular formula is C22H28N2O. The molecule has 0 fully saturated rings. The maximum atomic E-state index is 10.9. The van der Waals surface area contributed by atoms with Gasteiger partial charge in [-0.1, -0.05) is 74.7 Å². The molecule has 132 valence electrons. The molecule has 0 aliphatic heterocycles. The lowest BCUT2D eigenvalue weighted by molar-refractivity contribution is 0.131. The van der Waals surface area contributed by atoms with E-state index in [-0.39, 0.29) is 12.0 Å². The number of hydrogen-bond donors (Lipinski definition) is 3. The molecule has 1 heterocycles. The van der Waals surface area contributed by atoms with Gasteiger partial charge in [-0.2, -0.15) is 0 Å². The van der Waals surface area contributed by atoms with Gasteiger partial charge in [-0.15, -0.1) is 0 Å². The van der Waals surface area contributed by atoms with E-state index in [0.717, 1.165) is 23.9 Å². The van der Waals surface area contributed by atoms with E-state index in [4.69, 9.17) is 5.73 Å². The normalized spacial score (nSPS) is 15.2. The Balaban J connectivity index is 1.91. The van der Waals surface area contributed by atoms with Crippen molar-refractivity contribution in [1.82, 2.24) is 4.98 Å². The van der Waals surface area contributed by atoms with Crippen LogP contribution >= 0.6 is 0 Å². The van der Waals surface area contributed by atoms with E-state index in [1.807, 2.05) is 36.4 Å². The minimum atomic E-state index is -0.665. The molecule has 3 heteroatoms. The molecule has 0 saturated heterocycles. The van der Waals surface area contributed by atoms with Crippen molar-refractivity contribution in [3.8, 4) is 0 Å². The second-order valence-corrected chi connectivity index (χ2v) is 6.82. The fourth-order valence-electron chi connectivity index (χ4n) is 3.66. The molecule has 0 aliphatic rings. The summed E-state index contributed by atoms with van der Waals surface area (Å²) in [7, 11) is 0. The lowest BCUT2D eigenvalue weighted by atomic mass is 9.82. The van der Waals surface area contributed by atoms with Crippen LogP contribution in [0.3, 0.4) is 0 Å². The minimum Gasteiger partial charge on any atom is -0.387 e. The van der Waals surface area contributed by atoms with Gasteiger partial charge in [0, 0.05) is 29.1 Å².